The lowest BCUT2D eigenvalue weighted by Crippen LogP contribution is -2.63. The second-order valence-electron chi connectivity index (χ2n) is 14.8. The largest absolute Gasteiger partial charge is 0.514 e. The second-order valence-corrected chi connectivity index (χ2v) is 14.8. The Kier molecular flexibility index (Phi) is 11.7. The lowest BCUT2D eigenvalue weighted by Gasteiger charge is -2.47. The molecule has 2 amide bonds. The van der Waals surface area contributed by atoms with Gasteiger partial charge in [-0.3, -0.25) is 14.4 Å². The Morgan fingerprint density at radius 2 is 1.58 bits per heavy atom. The van der Waals surface area contributed by atoms with E-state index in [4.69, 9.17) is 57.8 Å². The number of hydrogen-bond acceptors (Lipinski definition) is 17. The maximum Gasteiger partial charge on any atom is 0.514 e. The van der Waals surface area contributed by atoms with Crippen LogP contribution in [-0.4, -0.2) is 105 Å². The van der Waals surface area contributed by atoms with E-state index in [1.807, 2.05) is 0 Å². The van der Waals surface area contributed by atoms with Crippen LogP contribution in [0.15, 0.2) is 48.5 Å². The van der Waals surface area contributed by atoms with Gasteiger partial charge in [0.15, 0.2) is 35.6 Å². The highest BCUT2D eigenvalue weighted by atomic mass is 16.8. The van der Waals surface area contributed by atoms with Crippen molar-refractivity contribution in [3.05, 3.63) is 70.8 Å². The molecule has 0 bridgehead atoms. The van der Waals surface area contributed by atoms with Crippen LogP contribution in [0.5, 0.6) is 28.7 Å². The number of carbonyl (C=O) groups excluding carboxylic acids is 4. The van der Waals surface area contributed by atoms with Crippen molar-refractivity contribution in [2.75, 3.05) is 39.5 Å². The third kappa shape index (κ3) is 8.11. The fourth-order valence-corrected chi connectivity index (χ4v) is 8.22. The Balaban J connectivity index is 1.04. The van der Waals surface area contributed by atoms with Crippen LogP contribution in [-0.2, 0) is 49.4 Å². The van der Waals surface area contributed by atoms with E-state index >= 15 is 0 Å². The Morgan fingerprint density at radius 3 is 2.27 bits per heavy atom. The normalized spacial score (nSPS) is 28.6. The van der Waals surface area contributed by atoms with Gasteiger partial charge in [0.05, 0.1) is 39.5 Å². The maximum atomic E-state index is 13.8. The first-order valence-corrected chi connectivity index (χ1v) is 19.2. The summed E-state index contributed by atoms with van der Waals surface area (Å²) in [7, 11) is 2.76. The van der Waals surface area contributed by atoms with Gasteiger partial charge in [0.1, 0.15) is 31.0 Å². The van der Waals surface area contributed by atoms with Gasteiger partial charge in [-0.25, -0.2) is 4.79 Å². The number of nitrogens with one attached hydrogen (secondary N) is 1. The predicted molar refractivity (Wildman–Crippen MR) is 201 cm³/mol. The summed E-state index contributed by atoms with van der Waals surface area (Å²) in [5.41, 5.74) is 7.92. The first kappa shape index (κ1) is 41.1. The molecule has 0 radical (unpaired) electrons. The van der Waals surface area contributed by atoms with Crippen molar-refractivity contribution in [1.29, 1.82) is 0 Å². The van der Waals surface area contributed by atoms with Crippen LogP contribution in [0.4, 0.5) is 10.5 Å². The van der Waals surface area contributed by atoms with Gasteiger partial charge >= 0.3 is 12.1 Å². The van der Waals surface area contributed by atoms with E-state index in [-0.39, 0.29) is 62.6 Å². The summed E-state index contributed by atoms with van der Waals surface area (Å²) >= 11 is 0. The second kappa shape index (κ2) is 17.1. The fourth-order valence-electron chi connectivity index (χ4n) is 8.22. The molecule has 0 spiro atoms. The van der Waals surface area contributed by atoms with Crippen molar-refractivity contribution in [2.24, 2.45) is 17.6 Å². The molecular weight excluding hydrogens is 792 g/mol. The van der Waals surface area contributed by atoms with Crippen LogP contribution in [0.1, 0.15) is 54.0 Å². The molecule has 3 aromatic rings. The molecule has 3 aromatic carbocycles. The number of aliphatic hydroxyl groups is 2. The average Bonchev–Trinajstić information content (AvgIpc) is 3.87. The number of benzene rings is 3. The monoisotopic (exact) mass is 836 g/mol. The van der Waals surface area contributed by atoms with Gasteiger partial charge < -0.3 is 73.4 Å². The number of fused-ring (bicyclic) bond motifs is 4. The minimum absolute atomic E-state index is 0.0324. The van der Waals surface area contributed by atoms with Crippen molar-refractivity contribution in [2.45, 2.75) is 75.4 Å². The molecule has 1 aliphatic carbocycles. The first-order valence-electron chi connectivity index (χ1n) is 19.2. The Morgan fingerprint density at radius 1 is 0.883 bits per heavy atom. The lowest BCUT2D eigenvalue weighted by molar-refractivity contribution is -0.364. The highest BCUT2D eigenvalue weighted by molar-refractivity contribution is 5.93. The number of cyclic esters (lactones) is 1. The number of nitrogens with two attached hydrogens (primary N) is 1. The van der Waals surface area contributed by atoms with Crippen LogP contribution in [0.2, 0.25) is 0 Å². The van der Waals surface area contributed by atoms with E-state index in [0.717, 1.165) is 0 Å². The molecule has 320 valence electrons. The molecule has 4 aliphatic heterocycles. The molecule has 0 unspecified atom stereocenters. The van der Waals surface area contributed by atoms with Crippen molar-refractivity contribution in [3.63, 3.8) is 0 Å². The number of carbonyl (C=O) groups is 4. The van der Waals surface area contributed by atoms with Crippen LogP contribution in [0.25, 0.3) is 0 Å². The molecular formula is C41H44N2O17. The zero-order valence-corrected chi connectivity index (χ0v) is 32.7. The average molecular weight is 837 g/mol. The number of primary amides is 1. The van der Waals surface area contributed by atoms with Gasteiger partial charge in [-0.2, -0.15) is 0 Å². The summed E-state index contributed by atoms with van der Waals surface area (Å²) in [6, 6.07) is 13.3. The van der Waals surface area contributed by atoms with Gasteiger partial charge in [0, 0.05) is 30.4 Å². The molecule has 5 N–H and O–H groups in total. The number of methoxy groups -OCH3 is 2. The molecule has 3 saturated heterocycles. The Bertz CT molecular complexity index is 2100. The number of hydrogen-bond donors (Lipinski definition) is 4. The standard InChI is InChI=1S/C41H44N2O17/c1-18-52-16-29-38(57-18)34(46)35(47)40(58-29)59-36-23-13-26-25(55-17-56-26)12-22(23)32(33-24(36)15-53-39(33)48)20-10-27(50-2)37(28(11-20)51-3)60-41(49)54-14-19-4-6-21(7-5-19)43-31(45)9-8-30(42)44/h4-7,10-13,18,24,29,32-36,38,40,46-47H,8-9,14-17H2,1-3H3,(H2,42,44)(H,43,45)/t18-,24+,29-,32-,33+,34-,35-,36-,38-,40+/m1/s1. The summed E-state index contributed by atoms with van der Waals surface area (Å²) in [5.74, 6) is -2.65. The summed E-state index contributed by atoms with van der Waals surface area (Å²) in [4.78, 5) is 49.8. The summed E-state index contributed by atoms with van der Waals surface area (Å²) in [5, 5.41) is 24.9. The van der Waals surface area contributed by atoms with Crippen LogP contribution < -0.4 is 34.7 Å². The van der Waals surface area contributed by atoms with Crippen molar-refractivity contribution < 1.29 is 81.5 Å². The minimum atomic E-state index is -1.50. The van der Waals surface area contributed by atoms with Crippen LogP contribution >= 0.6 is 0 Å². The fraction of sp³-hybridized carbons (Fsp3) is 0.463. The number of aliphatic hydroxyl groups excluding tert-OH is 2. The van der Waals surface area contributed by atoms with E-state index in [0.29, 0.717) is 39.4 Å². The van der Waals surface area contributed by atoms with Gasteiger partial charge in [0.25, 0.3) is 0 Å². The van der Waals surface area contributed by atoms with E-state index in [1.54, 1.807) is 55.5 Å². The predicted octanol–water partition coefficient (Wildman–Crippen LogP) is 2.55. The zero-order chi connectivity index (χ0) is 42.2. The summed E-state index contributed by atoms with van der Waals surface area (Å²) < 4.78 is 63.5. The highest BCUT2D eigenvalue weighted by Gasteiger charge is 2.56. The summed E-state index contributed by atoms with van der Waals surface area (Å²) in [6.45, 7) is 1.54. The SMILES string of the molecule is COc1cc([C@@H]2c3cc4c(cc3[C@@H](O[C@@H]3O[C@@H]5CO[C@@H](C)O[C@H]5[C@H](O)[C@H]3O)[C@H]3COC(=O)[C@H]23)OCO4)cc(OC)c1OC(=O)OCc1ccc(NC(=O)CCC(N)=O)cc1. The molecule has 0 aromatic heterocycles. The van der Waals surface area contributed by atoms with Gasteiger partial charge in [-0.15, -0.1) is 0 Å². The van der Waals surface area contributed by atoms with E-state index in [2.05, 4.69) is 5.32 Å². The molecule has 0 saturated carbocycles. The minimum Gasteiger partial charge on any atom is -0.493 e. The smallest absolute Gasteiger partial charge is 0.493 e. The quantitative estimate of drug-likeness (QED) is 0.151. The molecule has 19 heteroatoms. The molecule has 8 rings (SSSR count). The molecule has 60 heavy (non-hydrogen) atoms. The molecule has 3 fully saturated rings. The summed E-state index contributed by atoms with van der Waals surface area (Å²) in [6.07, 6.45) is -8.44. The van der Waals surface area contributed by atoms with E-state index in [9.17, 15) is 29.4 Å². The van der Waals surface area contributed by atoms with Gasteiger partial charge in [0.2, 0.25) is 24.4 Å². The zero-order valence-electron chi connectivity index (χ0n) is 32.7. The van der Waals surface area contributed by atoms with Crippen molar-refractivity contribution >= 4 is 29.6 Å². The van der Waals surface area contributed by atoms with Crippen molar-refractivity contribution in [1.82, 2.24) is 0 Å². The molecule has 4 heterocycles. The number of anilines is 1. The molecule has 10 atom stereocenters. The number of esters is 1. The highest BCUT2D eigenvalue weighted by Crippen LogP contribution is 2.57. The topological polar surface area (TPSA) is 248 Å². The number of ether oxygens (including phenoxy) is 11. The molecule has 5 aliphatic rings. The van der Waals surface area contributed by atoms with E-state index in [1.165, 1.54) is 14.2 Å². The number of rotatable bonds is 12. The van der Waals surface area contributed by atoms with Crippen LogP contribution in [0, 0.1) is 11.8 Å². The maximum absolute atomic E-state index is 13.8. The third-order valence-electron chi connectivity index (χ3n) is 11.1. The third-order valence-corrected chi connectivity index (χ3v) is 11.1. The van der Waals surface area contributed by atoms with Crippen molar-refractivity contribution in [3.8, 4) is 28.7 Å². The molecule has 19 nitrogen and oxygen atoms in total. The lowest BCUT2D eigenvalue weighted by atomic mass is 9.66. The van der Waals surface area contributed by atoms with Gasteiger partial charge in [-0.05, 0) is 65.6 Å². The van der Waals surface area contributed by atoms with Gasteiger partial charge in [-0.1, -0.05) is 12.1 Å². The number of amides is 2. The first-order chi connectivity index (χ1) is 28.9. The van der Waals surface area contributed by atoms with Crippen LogP contribution in [0.3, 0.4) is 0 Å². The van der Waals surface area contributed by atoms with E-state index < -0.39 is 78.9 Å². The Hall–Kier alpha value is -5.70. The Labute approximate surface area is 342 Å².